The first kappa shape index (κ1) is 19.6. The van der Waals surface area contributed by atoms with Crippen LogP contribution >= 0.6 is 11.6 Å². The first-order valence-corrected chi connectivity index (χ1v) is 9.46. The normalized spacial score (nSPS) is 24.1. The Balaban J connectivity index is 2.17. The number of rotatable bonds is 4. The van der Waals surface area contributed by atoms with E-state index in [2.05, 4.69) is 25.4 Å². The minimum Gasteiger partial charge on any atom is -0.461 e. The summed E-state index contributed by atoms with van der Waals surface area (Å²) in [7, 11) is 0. The third-order valence-electron chi connectivity index (χ3n) is 5.14. The zero-order valence-electron chi connectivity index (χ0n) is 15.9. The number of halogens is 1. The molecule has 0 aromatic heterocycles. The predicted molar refractivity (Wildman–Crippen MR) is 107 cm³/mol. The van der Waals surface area contributed by atoms with E-state index in [1.807, 2.05) is 25.1 Å². The zero-order valence-corrected chi connectivity index (χ0v) is 16.7. The van der Waals surface area contributed by atoms with Crippen LogP contribution in [0.25, 0.3) is 0 Å². The van der Waals surface area contributed by atoms with Gasteiger partial charge in [-0.2, -0.15) is 0 Å². The van der Waals surface area contributed by atoms with Gasteiger partial charge in [0.15, 0.2) is 5.78 Å². The summed E-state index contributed by atoms with van der Waals surface area (Å²) in [5, 5.41) is 0.531. The van der Waals surface area contributed by atoms with Crippen molar-refractivity contribution in [2.24, 2.45) is 16.3 Å². The summed E-state index contributed by atoms with van der Waals surface area (Å²) in [5.41, 5.74) is 2.63. The fourth-order valence-electron chi connectivity index (χ4n) is 4.04. The van der Waals surface area contributed by atoms with Gasteiger partial charge in [-0.3, -0.25) is 14.6 Å². The number of ketones is 1. The number of nitrogens with zero attached hydrogens (tertiary/aromatic N) is 1. The Bertz CT molecular complexity index is 866. The van der Waals surface area contributed by atoms with E-state index in [1.54, 1.807) is 6.07 Å². The monoisotopic (exact) mass is 385 g/mol. The zero-order chi connectivity index (χ0) is 19.8. The Morgan fingerprint density at radius 3 is 2.74 bits per heavy atom. The number of hydrogen-bond acceptors (Lipinski definition) is 4. The molecule has 0 spiro atoms. The number of hydrogen-bond donors (Lipinski definition) is 0. The molecule has 27 heavy (non-hydrogen) atoms. The standard InChI is InChI=1S/C22H24ClNO3/c1-5-10-27-21(26)18-13(2)24-16-11-22(3,4)12-17(25)20(16)19(18)14-8-6-7-9-15(14)23/h5-9,18-19H,1,10-12H2,2-4H3/t18?,19-/m0/s1. The maximum atomic E-state index is 13.1. The molecule has 1 aliphatic heterocycles. The molecule has 2 aliphatic rings. The number of benzene rings is 1. The first-order chi connectivity index (χ1) is 12.7. The molecule has 1 aromatic carbocycles. The van der Waals surface area contributed by atoms with Crippen molar-refractivity contribution in [2.45, 2.75) is 39.5 Å². The summed E-state index contributed by atoms with van der Waals surface area (Å²) in [6.45, 7) is 9.65. The lowest BCUT2D eigenvalue weighted by Crippen LogP contribution is -2.39. The SMILES string of the molecule is C=CCOC(=O)C1C(C)=NC2=C(C(=O)CC(C)(C)C2)[C@H]1c1ccccc1Cl. The molecule has 0 N–H and O–H groups in total. The summed E-state index contributed by atoms with van der Waals surface area (Å²) in [6, 6.07) is 7.35. The number of esters is 1. The Morgan fingerprint density at radius 1 is 1.37 bits per heavy atom. The number of ether oxygens (including phenoxy) is 1. The second-order valence-corrected chi connectivity index (χ2v) is 8.36. The molecular weight excluding hydrogens is 362 g/mol. The first-order valence-electron chi connectivity index (χ1n) is 9.08. The summed E-state index contributed by atoms with van der Waals surface area (Å²) in [5.74, 6) is -1.53. The molecular formula is C22H24ClNO3. The highest BCUT2D eigenvalue weighted by atomic mass is 35.5. The van der Waals surface area contributed by atoms with Gasteiger partial charge in [0, 0.05) is 34.3 Å². The van der Waals surface area contributed by atoms with Crippen LogP contribution in [-0.2, 0) is 14.3 Å². The quantitative estimate of drug-likeness (QED) is 0.547. The molecule has 1 aromatic rings. The van der Waals surface area contributed by atoms with Crippen LogP contribution in [-0.4, -0.2) is 24.1 Å². The van der Waals surface area contributed by atoms with Gasteiger partial charge in [0.25, 0.3) is 0 Å². The Kier molecular flexibility index (Phi) is 5.38. The van der Waals surface area contributed by atoms with E-state index in [9.17, 15) is 9.59 Å². The van der Waals surface area contributed by atoms with Gasteiger partial charge in [-0.1, -0.05) is 56.3 Å². The number of carbonyl (C=O) groups excluding carboxylic acids is 2. The smallest absolute Gasteiger partial charge is 0.315 e. The highest BCUT2D eigenvalue weighted by molar-refractivity contribution is 6.31. The van der Waals surface area contributed by atoms with E-state index < -0.39 is 17.8 Å². The van der Waals surface area contributed by atoms with Crippen LogP contribution in [0.15, 0.2) is 53.2 Å². The van der Waals surface area contributed by atoms with Crippen molar-refractivity contribution in [3.8, 4) is 0 Å². The summed E-state index contributed by atoms with van der Waals surface area (Å²) < 4.78 is 5.33. The average Bonchev–Trinajstić information content (AvgIpc) is 2.57. The molecule has 5 heteroatoms. The van der Waals surface area contributed by atoms with Gasteiger partial charge in [-0.25, -0.2) is 0 Å². The molecule has 1 heterocycles. The molecule has 1 aliphatic carbocycles. The second-order valence-electron chi connectivity index (χ2n) is 7.95. The predicted octanol–water partition coefficient (Wildman–Crippen LogP) is 4.89. The van der Waals surface area contributed by atoms with Crippen molar-refractivity contribution < 1.29 is 14.3 Å². The molecule has 3 rings (SSSR count). The third-order valence-corrected chi connectivity index (χ3v) is 5.48. The summed E-state index contributed by atoms with van der Waals surface area (Å²) >= 11 is 6.47. The van der Waals surface area contributed by atoms with Gasteiger partial charge >= 0.3 is 5.97 Å². The van der Waals surface area contributed by atoms with Crippen molar-refractivity contribution in [1.29, 1.82) is 0 Å². The van der Waals surface area contributed by atoms with Crippen LogP contribution < -0.4 is 0 Å². The van der Waals surface area contributed by atoms with Crippen molar-refractivity contribution in [2.75, 3.05) is 6.61 Å². The van der Waals surface area contributed by atoms with Gasteiger partial charge in [-0.05, 0) is 30.4 Å². The van der Waals surface area contributed by atoms with Crippen molar-refractivity contribution >= 4 is 29.1 Å². The van der Waals surface area contributed by atoms with Gasteiger partial charge in [0.2, 0.25) is 0 Å². The van der Waals surface area contributed by atoms with Crippen molar-refractivity contribution in [3.05, 3.63) is 58.8 Å². The van der Waals surface area contributed by atoms with Crippen LogP contribution in [0, 0.1) is 11.3 Å². The highest BCUT2D eigenvalue weighted by Crippen LogP contribution is 2.49. The number of allylic oxidation sites excluding steroid dienone is 2. The van der Waals surface area contributed by atoms with Crippen molar-refractivity contribution in [1.82, 2.24) is 0 Å². The van der Waals surface area contributed by atoms with E-state index in [0.29, 0.717) is 29.1 Å². The van der Waals surface area contributed by atoms with Crippen LogP contribution in [0.3, 0.4) is 0 Å². The third kappa shape index (κ3) is 3.77. The largest absolute Gasteiger partial charge is 0.461 e. The molecule has 0 amide bonds. The van der Waals surface area contributed by atoms with Crippen LogP contribution in [0.5, 0.6) is 0 Å². The lowest BCUT2D eigenvalue weighted by atomic mass is 9.67. The van der Waals surface area contributed by atoms with Crippen LogP contribution in [0.2, 0.25) is 5.02 Å². The highest BCUT2D eigenvalue weighted by Gasteiger charge is 2.46. The second kappa shape index (κ2) is 7.43. The fourth-order valence-corrected chi connectivity index (χ4v) is 4.30. The van der Waals surface area contributed by atoms with Gasteiger partial charge in [0.1, 0.15) is 12.5 Å². The summed E-state index contributed by atoms with van der Waals surface area (Å²) in [6.07, 6.45) is 2.65. The van der Waals surface area contributed by atoms with E-state index in [-0.39, 0.29) is 17.8 Å². The molecule has 1 unspecified atom stereocenters. The Labute approximate surface area is 165 Å². The average molecular weight is 386 g/mol. The van der Waals surface area contributed by atoms with Gasteiger partial charge in [-0.15, -0.1) is 0 Å². The molecule has 0 fully saturated rings. The van der Waals surface area contributed by atoms with E-state index in [0.717, 1.165) is 11.3 Å². The molecule has 4 nitrogen and oxygen atoms in total. The molecule has 0 saturated carbocycles. The van der Waals surface area contributed by atoms with Gasteiger partial charge in [0.05, 0.1) is 0 Å². The van der Waals surface area contributed by atoms with E-state index >= 15 is 0 Å². The number of carbonyl (C=O) groups is 2. The van der Waals surface area contributed by atoms with Crippen LogP contribution in [0.1, 0.15) is 45.1 Å². The van der Waals surface area contributed by atoms with Crippen molar-refractivity contribution in [3.63, 3.8) is 0 Å². The topological polar surface area (TPSA) is 55.7 Å². The number of Topliss-reactive ketones (excluding diaryl/α,β-unsaturated/α-hetero) is 1. The molecule has 2 atom stereocenters. The summed E-state index contributed by atoms with van der Waals surface area (Å²) in [4.78, 5) is 30.6. The molecule has 0 saturated heterocycles. The molecule has 142 valence electrons. The Hall–Kier alpha value is -2.20. The minimum atomic E-state index is -0.672. The fraction of sp³-hybridized carbons (Fsp3) is 0.409. The van der Waals surface area contributed by atoms with E-state index in [4.69, 9.17) is 16.3 Å². The minimum absolute atomic E-state index is 0.0314. The van der Waals surface area contributed by atoms with Gasteiger partial charge < -0.3 is 4.74 Å². The van der Waals surface area contributed by atoms with E-state index in [1.165, 1.54) is 6.08 Å². The van der Waals surface area contributed by atoms with Crippen LogP contribution in [0.4, 0.5) is 0 Å². The Morgan fingerprint density at radius 2 is 2.07 bits per heavy atom. The maximum absolute atomic E-state index is 13.1. The maximum Gasteiger partial charge on any atom is 0.315 e. The lowest BCUT2D eigenvalue weighted by molar-refractivity contribution is -0.145. The lowest BCUT2D eigenvalue weighted by Gasteiger charge is -2.39. The number of aliphatic imine (C=N–C) groups is 1. The molecule has 0 radical (unpaired) electrons. The molecule has 0 bridgehead atoms.